The van der Waals surface area contributed by atoms with Gasteiger partial charge in [-0.3, -0.25) is 9.71 Å². The molecule has 0 saturated heterocycles. The van der Waals surface area contributed by atoms with Crippen molar-refractivity contribution in [2.75, 3.05) is 24.1 Å². The lowest BCUT2D eigenvalue weighted by Crippen LogP contribution is -2.20. The van der Waals surface area contributed by atoms with Crippen LogP contribution in [0.15, 0.2) is 23.2 Å². The van der Waals surface area contributed by atoms with Crippen molar-refractivity contribution in [3.63, 3.8) is 0 Å². The lowest BCUT2D eigenvalue weighted by molar-refractivity contribution is 0.607. The number of amidine groups is 1. The van der Waals surface area contributed by atoms with Crippen LogP contribution in [0.4, 0.5) is 5.69 Å². The third-order valence-electron chi connectivity index (χ3n) is 2.44. The number of benzene rings is 1. The van der Waals surface area contributed by atoms with Gasteiger partial charge in [0.15, 0.2) is 0 Å². The fourth-order valence-corrected chi connectivity index (χ4v) is 2.51. The molecule has 19 heavy (non-hydrogen) atoms. The molecule has 1 aliphatic rings. The van der Waals surface area contributed by atoms with E-state index in [2.05, 4.69) is 15.0 Å². The van der Waals surface area contributed by atoms with Gasteiger partial charge in [0, 0.05) is 13.0 Å². The Morgan fingerprint density at radius 1 is 1.47 bits per heavy atom. The minimum absolute atomic E-state index is 0. The van der Waals surface area contributed by atoms with Crippen LogP contribution in [0.25, 0.3) is 0 Å². The van der Waals surface area contributed by atoms with Gasteiger partial charge >= 0.3 is 0 Å². The van der Waals surface area contributed by atoms with Crippen LogP contribution in [0.2, 0.25) is 5.02 Å². The van der Waals surface area contributed by atoms with E-state index >= 15 is 0 Å². The molecule has 2 rings (SSSR count). The van der Waals surface area contributed by atoms with Crippen LogP contribution in [0, 0.1) is 0 Å². The number of aliphatic imine (C=N–C) groups is 1. The molecule has 0 aromatic heterocycles. The molecule has 0 radical (unpaired) electrons. The predicted octanol–water partition coefficient (Wildman–Crippen LogP) is 1.68. The van der Waals surface area contributed by atoms with Crippen LogP contribution in [-0.4, -0.2) is 33.6 Å². The minimum Gasteiger partial charge on any atom is -0.372 e. The number of halogens is 2. The first-order valence-corrected chi connectivity index (χ1v) is 7.74. The number of sulfonamides is 1. The second-order valence-electron chi connectivity index (χ2n) is 4.12. The van der Waals surface area contributed by atoms with Gasteiger partial charge in [0.2, 0.25) is 10.0 Å². The molecule has 0 fully saturated rings. The maximum Gasteiger partial charge on any atom is 0.229 e. The van der Waals surface area contributed by atoms with Gasteiger partial charge in [-0.15, -0.1) is 12.4 Å². The van der Waals surface area contributed by atoms with Crippen LogP contribution in [0.5, 0.6) is 0 Å². The molecule has 106 valence electrons. The Morgan fingerprint density at radius 2 is 2.21 bits per heavy atom. The average Bonchev–Trinajstić information content (AvgIpc) is 2.74. The molecule has 0 unspecified atom stereocenters. The summed E-state index contributed by atoms with van der Waals surface area (Å²) in [6.45, 7) is 1.65. The number of hydrogen-bond acceptors (Lipinski definition) is 4. The highest BCUT2D eigenvalue weighted by atomic mass is 35.5. The molecule has 5 nitrogen and oxygen atoms in total. The Labute approximate surface area is 123 Å². The second kappa shape index (κ2) is 6.45. The van der Waals surface area contributed by atoms with Gasteiger partial charge in [0.05, 0.1) is 23.5 Å². The number of nitrogens with zero attached hydrogens (tertiary/aromatic N) is 1. The Hall–Kier alpha value is -0.980. The summed E-state index contributed by atoms with van der Waals surface area (Å²) >= 11 is 5.95. The number of rotatable bonds is 4. The van der Waals surface area contributed by atoms with Crippen molar-refractivity contribution < 1.29 is 8.42 Å². The molecule has 0 atom stereocenters. The van der Waals surface area contributed by atoms with E-state index in [0.29, 0.717) is 17.1 Å². The number of hydrogen-bond donors (Lipinski definition) is 2. The molecule has 2 N–H and O–H groups in total. The van der Waals surface area contributed by atoms with Crippen LogP contribution in [0.3, 0.4) is 0 Å². The van der Waals surface area contributed by atoms with E-state index in [-0.39, 0.29) is 12.4 Å². The molecule has 0 aliphatic carbocycles. The van der Waals surface area contributed by atoms with Crippen LogP contribution < -0.4 is 10.0 Å². The fraction of sp³-hybridized carbons (Fsp3) is 0.364. The van der Waals surface area contributed by atoms with E-state index in [1.807, 2.05) is 6.07 Å². The molecule has 1 aromatic rings. The predicted molar refractivity (Wildman–Crippen MR) is 81.2 cm³/mol. The summed E-state index contributed by atoms with van der Waals surface area (Å²) in [6.07, 6.45) is 1.74. The van der Waals surface area contributed by atoms with E-state index < -0.39 is 10.0 Å². The summed E-state index contributed by atoms with van der Waals surface area (Å²) in [5.74, 6) is 0.919. The Bertz CT molecular complexity index is 588. The van der Waals surface area contributed by atoms with Gasteiger partial charge in [-0.25, -0.2) is 8.42 Å². The average molecular weight is 324 g/mol. The SMILES string of the molecule is CS(=O)(=O)Nc1cc(CC2=NCCN2)ccc1Cl.Cl. The Morgan fingerprint density at radius 3 is 2.79 bits per heavy atom. The van der Waals surface area contributed by atoms with E-state index in [1.54, 1.807) is 12.1 Å². The fourth-order valence-electron chi connectivity index (χ4n) is 1.72. The molecule has 0 amide bonds. The van der Waals surface area contributed by atoms with Crippen LogP contribution in [0.1, 0.15) is 5.56 Å². The van der Waals surface area contributed by atoms with Gasteiger partial charge in [-0.1, -0.05) is 17.7 Å². The second-order valence-corrected chi connectivity index (χ2v) is 6.28. The largest absolute Gasteiger partial charge is 0.372 e. The van der Waals surface area contributed by atoms with Crippen molar-refractivity contribution in [3.8, 4) is 0 Å². The molecule has 1 aromatic carbocycles. The molecular weight excluding hydrogens is 309 g/mol. The van der Waals surface area contributed by atoms with Crippen molar-refractivity contribution in [1.29, 1.82) is 0 Å². The lowest BCUT2D eigenvalue weighted by atomic mass is 10.1. The third-order valence-corrected chi connectivity index (χ3v) is 3.36. The molecule has 1 aliphatic heterocycles. The highest BCUT2D eigenvalue weighted by Crippen LogP contribution is 2.24. The first kappa shape index (κ1) is 16.1. The Kier molecular flexibility index (Phi) is 5.46. The molecule has 0 bridgehead atoms. The molecular formula is C11H15Cl2N3O2S. The van der Waals surface area contributed by atoms with Crippen molar-refractivity contribution in [2.45, 2.75) is 6.42 Å². The zero-order chi connectivity index (χ0) is 13.2. The van der Waals surface area contributed by atoms with Crippen LogP contribution >= 0.6 is 24.0 Å². The van der Waals surface area contributed by atoms with Gasteiger partial charge in [0.1, 0.15) is 5.84 Å². The summed E-state index contributed by atoms with van der Waals surface area (Å²) in [6, 6.07) is 5.27. The first-order chi connectivity index (χ1) is 8.44. The normalized spacial score (nSPS) is 14.3. The summed E-state index contributed by atoms with van der Waals surface area (Å²) < 4.78 is 24.8. The quantitative estimate of drug-likeness (QED) is 0.885. The van der Waals surface area contributed by atoms with Gasteiger partial charge in [0.25, 0.3) is 0 Å². The van der Waals surface area contributed by atoms with Crippen molar-refractivity contribution >= 4 is 45.6 Å². The molecule has 8 heteroatoms. The van der Waals surface area contributed by atoms with E-state index in [4.69, 9.17) is 11.6 Å². The van der Waals surface area contributed by atoms with Gasteiger partial charge in [-0.2, -0.15) is 0 Å². The number of nitrogens with one attached hydrogen (secondary N) is 2. The van der Waals surface area contributed by atoms with Crippen molar-refractivity contribution in [3.05, 3.63) is 28.8 Å². The zero-order valence-corrected chi connectivity index (χ0v) is 12.7. The lowest BCUT2D eigenvalue weighted by Gasteiger charge is -2.09. The highest BCUT2D eigenvalue weighted by Gasteiger charge is 2.10. The minimum atomic E-state index is -3.32. The van der Waals surface area contributed by atoms with E-state index in [0.717, 1.165) is 30.7 Å². The van der Waals surface area contributed by atoms with Gasteiger partial charge < -0.3 is 5.32 Å². The standard InChI is InChI=1S/C11H14ClN3O2S.ClH/c1-18(16,17)15-10-6-8(2-3-9(10)12)7-11-13-4-5-14-11;/h2-3,6,15H,4-5,7H2,1H3,(H,13,14);1H. The molecule has 0 spiro atoms. The smallest absolute Gasteiger partial charge is 0.229 e. The first-order valence-electron chi connectivity index (χ1n) is 5.47. The highest BCUT2D eigenvalue weighted by molar-refractivity contribution is 7.92. The third kappa shape index (κ3) is 4.89. The van der Waals surface area contributed by atoms with Crippen molar-refractivity contribution in [2.24, 2.45) is 4.99 Å². The van der Waals surface area contributed by atoms with Crippen LogP contribution in [-0.2, 0) is 16.4 Å². The maximum absolute atomic E-state index is 11.2. The Balaban J connectivity index is 0.00000180. The summed E-state index contributed by atoms with van der Waals surface area (Å²) in [5, 5.41) is 3.55. The molecule has 1 heterocycles. The van der Waals surface area contributed by atoms with Gasteiger partial charge in [-0.05, 0) is 17.7 Å². The summed E-state index contributed by atoms with van der Waals surface area (Å²) in [5.41, 5.74) is 1.36. The monoisotopic (exact) mass is 323 g/mol. The zero-order valence-electron chi connectivity index (χ0n) is 10.3. The van der Waals surface area contributed by atoms with Crippen molar-refractivity contribution in [1.82, 2.24) is 5.32 Å². The summed E-state index contributed by atoms with van der Waals surface area (Å²) in [7, 11) is -3.32. The maximum atomic E-state index is 11.2. The van der Waals surface area contributed by atoms with E-state index in [1.165, 1.54) is 0 Å². The number of anilines is 1. The molecule has 0 saturated carbocycles. The van der Waals surface area contributed by atoms with E-state index in [9.17, 15) is 8.42 Å². The summed E-state index contributed by atoms with van der Waals surface area (Å²) in [4.78, 5) is 4.29. The topological polar surface area (TPSA) is 70.6 Å².